The van der Waals surface area contributed by atoms with Gasteiger partial charge in [0.2, 0.25) is 6.04 Å². The van der Waals surface area contributed by atoms with Crippen LogP contribution < -0.4 is 20.4 Å². The highest BCUT2D eigenvalue weighted by atomic mass is 16.5. The molecule has 8 nitrogen and oxygen atoms in total. The first kappa shape index (κ1) is 28.7. The van der Waals surface area contributed by atoms with Gasteiger partial charge in [-0.05, 0) is 40.7 Å². The second-order valence-corrected chi connectivity index (χ2v) is 11.7. The Hall–Kier alpha value is -3.85. The van der Waals surface area contributed by atoms with Gasteiger partial charge in [0.05, 0.1) is 13.2 Å². The normalized spacial score (nSPS) is 21.4. The zero-order valence-electron chi connectivity index (χ0n) is 24.0. The van der Waals surface area contributed by atoms with Crippen molar-refractivity contribution in [2.75, 3.05) is 39.5 Å². The minimum absolute atomic E-state index is 0.198. The lowest BCUT2D eigenvalue weighted by Crippen LogP contribution is -2.67. The number of amides is 1. The van der Waals surface area contributed by atoms with Crippen molar-refractivity contribution in [1.82, 2.24) is 10.2 Å². The number of carbonyl (C=O) groups excluding carboxylic acids is 2. The van der Waals surface area contributed by atoms with Crippen molar-refractivity contribution >= 4 is 22.5 Å². The van der Waals surface area contributed by atoms with Gasteiger partial charge in [0.1, 0.15) is 12.4 Å². The molecule has 2 atom stereocenters. The van der Waals surface area contributed by atoms with Crippen LogP contribution in [0.4, 0.5) is 0 Å². The van der Waals surface area contributed by atoms with Crippen LogP contribution in [0, 0.1) is 5.41 Å². The fourth-order valence-corrected chi connectivity index (χ4v) is 5.35. The van der Waals surface area contributed by atoms with Crippen LogP contribution in [0.15, 0.2) is 90.8 Å². The van der Waals surface area contributed by atoms with Gasteiger partial charge >= 0.3 is 0 Å². The molecule has 0 spiro atoms. The molecule has 0 radical (unpaired) electrons. The van der Waals surface area contributed by atoms with E-state index in [4.69, 9.17) is 15.2 Å². The van der Waals surface area contributed by atoms with Crippen molar-refractivity contribution in [2.24, 2.45) is 11.1 Å². The zero-order valence-corrected chi connectivity index (χ0v) is 24.0. The average molecular weight is 556 g/mol. The van der Waals surface area contributed by atoms with Gasteiger partial charge in [-0.15, -0.1) is 0 Å². The molecule has 2 unspecified atom stereocenters. The Morgan fingerprint density at radius 3 is 2.46 bits per heavy atom. The highest BCUT2D eigenvalue weighted by Crippen LogP contribution is 2.34. The fraction of sp³-hybridized carbons (Fsp3) is 0.364. The van der Waals surface area contributed by atoms with E-state index in [1.807, 2.05) is 77.7 Å². The highest BCUT2D eigenvalue weighted by molar-refractivity contribution is 6.45. The smallest absolute Gasteiger partial charge is 0.294 e. The summed E-state index contributed by atoms with van der Waals surface area (Å²) in [6.07, 6.45) is 9.67. The maximum absolute atomic E-state index is 13.7. The largest absolute Gasteiger partial charge is 0.492 e. The quantitative estimate of drug-likeness (QED) is 0.191. The highest BCUT2D eigenvalue weighted by Gasteiger charge is 2.44. The average Bonchev–Trinajstić information content (AvgIpc) is 2.97. The number of allylic oxidation sites excluding steroid dienone is 2. The minimum atomic E-state index is -1.32. The molecular weight excluding hydrogens is 516 g/mol. The van der Waals surface area contributed by atoms with Crippen molar-refractivity contribution in [1.29, 1.82) is 0 Å². The third-order valence-corrected chi connectivity index (χ3v) is 7.70. The summed E-state index contributed by atoms with van der Waals surface area (Å²) in [4.78, 5) is 29.5. The van der Waals surface area contributed by atoms with E-state index in [-0.39, 0.29) is 5.41 Å². The van der Waals surface area contributed by atoms with E-state index in [0.29, 0.717) is 23.3 Å². The third kappa shape index (κ3) is 6.40. The Morgan fingerprint density at radius 2 is 1.76 bits per heavy atom. The lowest BCUT2D eigenvalue weighted by molar-refractivity contribution is -0.719. The molecule has 1 aliphatic heterocycles. The zero-order chi connectivity index (χ0) is 29.0. The molecule has 2 aliphatic rings. The van der Waals surface area contributed by atoms with E-state index in [9.17, 15) is 9.59 Å². The Kier molecular flexibility index (Phi) is 8.35. The predicted molar refractivity (Wildman–Crippen MR) is 158 cm³/mol. The van der Waals surface area contributed by atoms with Gasteiger partial charge < -0.3 is 14.8 Å². The number of carbonyl (C=O) groups is 2. The number of hydrogen-bond donors (Lipinski definition) is 2. The molecule has 0 bridgehead atoms. The van der Waals surface area contributed by atoms with Gasteiger partial charge in [-0.1, -0.05) is 57.2 Å². The molecule has 1 saturated heterocycles. The number of ether oxygens (including phenoxy) is 2. The van der Waals surface area contributed by atoms with Gasteiger partial charge in [-0.3, -0.25) is 20.2 Å². The van der Waals surface area contributed by atoms with Crippen LogP contribution in [0.2, 0.25) is 0 Å². The number of pyridine rings is 1. The van der Waals surface area contributed by atoms with Crippen LogP contribution in [-0.2, 0) is 9.53 Å². The Morgan fingerprint density at radius 1 is 1.05 bits per heavy atom. The van der Waals surface area contributed by atoms with Crippen LogP contribution in [0.3, 0.4) is 0 Å². The Bertz CT molecular complexity index is 1470. The molecule has 1 aliphatic carbocycles. The van der Waals surface area contributed by atoms with Crippen LogP contribution in [0.5, 0.6) is 5.75 Å². The summed E-state index contributed by atoms with van der Waals surface area (Å²) in [5, 5.41) is 4.33. The number of hydrogen-bond acceptors (Lipinski definition) is 6. The Labute approximate surface area is 241 Å². The van der Waals surface area contributed by atoms with Crippen LogP contribution >= 0.6 is 0 Å². The van der Waals surface area contributed by atoms with Gasteiger partial charge in [0.25, 0.3) is 11.7 Å². The summed E-state index contributed by atoms with van der Waals surface area (Å²) in [5.41, 5.74) is 6.68. The molecule has 3 N–H and O–H groups in total. The van der Waals surface area contributed by atoms with Crippen molar-refractivity contribution in [3.63, 3.8) is 0 Å². The monoisotopic (exact) mass is 555 g/mol. The number of morpholine rings is 1. The number of fused-ring (bicyclic) bond motifs is 1. The molecular formula is C33H39N4O4+. The number of nitrogens with zero attached hydrogens (tertiary/aromatic N) is 2. The fourth-order valence-electron chi connectivity index (χ4n) is 5.35. The molecule has 3 aromatic rings. The second kappa shape index (κ2) is 11.9. The summed E-state index contributed by atoms with van der Waals surface area (Å²) < 4.78 is 13.5. The molecule has 0 saturated carbocycles. The third-order valence-electron chi connectivity index (χ3n) is 7.70. The van der Waals surface area contributed by atoms with Crippen LogP contribution in [0.25, 0.3) is 10.8 Å². The van der Waals surface area contributed by atoms with E-state index >= 15 is 0 Å². The summed E-state index contributed by atoms with van der Waals surface area (Å²) in [7, 11) is 0. The number of aromatic nitrogens is 1. The summed E-state index contributed by atoms with van der Waals surface area (Å²) in [5.74, 6) is -0.736. The molecule has 2 heterocycles. The number of nitrogens with two attached hydrogens (primary N) is 1. The number of nitrogens with one attached hydrogen (secondary N) is 1. The summed E-state index contributed by atoms with van der Waals surface area (Å²) in [6, 6.07) is 16.2. The maximum Gasteiger partial charge on any atom is 0.294 e. The number of ketones is 1. The predicted octanol–water partition coefficient (Wildman–Crippen LogP) is 3.58. The lowest BCUT2D eigenvalue weighted by atomic mass is 9.79. The van der Waals surface area contributed by atoms with Gasteiger partial charge in [0.15, 0.2) is 18.1 Å². The van der Waals surface area contributed by atoms with Gasteiger partial charge in [-0.25, -0.2) is 0 Å². The molecule has 214 valence electrons. The van der Waals surface area contributed by atoms with E-state index in [1.54, 1.807) is 12.1 Å². The summed E-state index contributed by atoms with van der Waals surface area (Å²) in [6.45, 7) is 10.8. The first-order chi connectivity index (χ1) is 19.7. The number of benzene rings is 2. The van der Waals surface area contributed by atoms with Crippen LogP contribution in [-0.4, -0.2) is 61.7 Å². The maximum atomic E-state index is 13.7. The van der Waals surface area contributed by atoms with E-state index in [2.05, 4.69) is 31.0 Å². The topological polar surface area (TPSA) is 97.8 Å². The van der Waals surface area contributed by atoms with Gasteiger partial charge in [0, 0.05) is 42.7 Å². The van der Waals surface area contributed by atoms with Gasteiger partial charge in [-0.2, -0.15) is 4.57 Å². The van der Waals surface area contributed by atoms with E-state index in [0.717, 1.165) is 43.8 Å². The summed E-state index contributed by atoms with van der Waals surface area (Å²) >= 11 is 0. The number of Topliss-reactive ketones (excluding diaryl/α,β-unsaturated/α-hetero) is 1. The van der Waals surface area contributed by atoms with Crippen molar-refractivity contribution in [3.05, 3.63) is 96.4 Å². The molecule has 2 aromatic carbocycles. The van der Waals surface area contributed by atoms with E-state index < -0.39 is 23.4 Å². The minimum Gasteiger partial charge on any atom is -0.492 e. The molecule has 5 rings (SSSR count). The second-order valence-electron chi connectivity index (χ2n) is 11.7. The standard InChI is InChI=1S/C33H38N4O4/c1-32(2,3)24-11-14-29(37-15-7-4-8-16-37)33(34,23-24)35-31(39)30(38)27-12-13-28(26-10-6-5-9-25(26)27)41-22-19-36-17-20-40-21-18-36/h4-16,23,29H,17-22,34H2,1-3H3/p+1. The SMILES string of the molecule is CC(C)(C)C1=CC(N)(NC(=O)C(=O)c2ccc(OCCN3CCOCC3)c3ccccc23)C([n+]2ccccc2)C=C1. The molecule has 1 aromatic heterocycles. The van der Waals surface area contributed by atoms with Crippen molar-refractivity contribution in [3.8, 4) is 5.75 Å². The number of rotatable bonds is 8. The molecule has 1 amide bonds. The lowest BCUT2D eigenvalue weighted by Gasteiger charge is -2.35. The molecule has 41 heavy (non-hydrogen) atoms. The molecule has 1 fully saturated rings. The molecule has 8 heteroatoms. The Balaban J connectivity index is 1.39. The van der Waals surface area contributed by atoms with Crippen molar-refractivity contribution in [2.45, 2.75) is 32.5 Å². The first-order valence-electron chi connectivity index (χ1n) is 14.1. The first-order valence-corrected chi connectivity index (χ1v) is 14.1. The van der Waals surface area contributed by atoms with Crippen LogP contribution in [0.1, 0.15) is 37.2 Å². The van der Waals surface area contributed by atoms with Crippen molar-refractivity contribution < 1.29 is 23.6 Å². The van der Waals surface area contributed by atoms with E-state index in [1.165, 1.54) is 0 Å².